The van der Waals surface area contributed by atoms with E-state index in [0.717, 1.165) is 0 Å². The van der Waals surface area contributed by atoms with Crippen molar-refractivity contribution in [2.45, 2.75) is 45.4 Å². The Morgan fingerprint density at radius 2 is 2.16 bits per heavy atom. The number of rotatable bonds is 11. The fourth-order valence-electron chi connectivity index (χ4n) is 2.11. The van der Waals surface area contributed by atoms with Crippen LogP contribution < -0.4 is 16.2 Å². The lowest BCUT2D eigenvalue weighted by Crippen LogP contribution is -2.41. The lowest BCUT2D eigenvalue weighted by Gasteiger charge is -2.15. The van der Waals surface area contributed by atoms with Crippen molar-refractivity contribution in [2.24, 2.45) is 5.73 Å². The zero-order valence-electron chi connectivity index (χ0n) is 13.8. The van der Waals surface area contributed by atoms with Gasteiger partial charge in [0.25, 0.3) is 0 Å². The van der Waals surface area contributed by atoms with Crippen molar-refractivity contribution >= 4 is 13.8 Å². The van der Waals surface area contributed by atoms with Crippen LogP contribution in [0.1, 0.15) is 36.1 Å². The number of aryl methyl sites for hydroxylation is 1. The van der Waals surface area contributed by atoms with E-state index in [4.69, 9.17) is 15.5 Å². The quantitative estimate of drug-likeness (QED) is 0.239. The number of pyridine rings is 1. The largest absolute Gasteiger partial charge is 0.548 e. The maximum absolute atomic E-state index is 10.8. The molecule has 1 aromatic rings. The van der Waals surface area contributed by atoms with Crippen LogP contribution in [0.4, 0.5) is 0 Å². The van der Waals surface area contributed by atoms with Gasteiger partial charge in [-0.3, -0.25) is 9.51 Å². The number of nitrogens with zero attached hydrogens (tertiary/aromatic N) is 1. The Morgan fingerprint density at radius 3 is 2.76 bits per heavy atom. The maximum Gasteiger partial charge on any atom is 0.469 e. The van der Waals surface area contributed by atoms with Crippen molar-refractivity contribution in [3.8, 4) is 5.75 Å². The highest BCUT2D eigenvalue weighted by Gasteiger charge is 2.17. The van der Waals surface area contributed by atoms with Gasteiger partial charge in [-0.2, -0.15) is 0 Å². The normalized spacial score (nSPS) is 13.0. The van der Waals surface area contributed by atoms with Crippen LogP contribution in [-0.4, -0.2) is 38.4 Å². The van der Waals surface area contributed by atoms with Crippen molar-refractivity contribution in [3.05, 3.63) is 23.0 Å². The zero-order valence-corrected chi connectivity index (χ0v) is 14.7. The number of phosphoric ester groups is 1. The number of carboxylic acid groups (broad SMARTS) is 1. The van der Waals surface area contributed by atoms with Gasteiger partial charge in [0, 0.05) is 29.9 Å². The first kappa shape index (κ1) is 21.5. The minimum Gasteiger partial charge on any atom is -0.548 e. The van der Waals surface area contributed by atoms with E-state index in [9.17, 15) is 19.6 Å². The number of phosphoric acid groups is 1. The van der Waals surface area contributed by atoms with Crippen LogP contribution >= 0.6 is 7.82 Å². The summed E-state index contributed by atoms with van der Waals surface area (Å²) in [6.45, 7) is 2.00. The van der Waals surface area contributed by atoms with E-state index in [1.54, 1.807) is 6.92 Å². The summed E-state index contributed by atoms with van der Waals surface area (Å²) in [6.07, 6.45) is 2.96. The molecule has 25 heavy (non-hydrogen) atoms. The number of nitrogens with two attached hydrogens (primary N) is 1. The zero-order chi connectivity index (χ0) is 19.0. The molecule has 0 bridgehead atoms. The molecule has 0 aliphatic heterocycles. The third-order valence-corrected chi connectivity index (χ3v) is 4.01. The molecular formula is C14H23N3O7P-. The molecule has 1 heterocycles. The Labute approximate surface area is 145 Å². The smallest absolute Gasteiger partial charge is 0.469 e. The van der Waals surface area contributed by atoms with Crippen LogP contribution in [0.15, 0.2) is 6.20 Å². The molecule has 11 heteroatoms. The second kappa shape index (κ2) is 9.81. The van der Waals surface area contributed by atoms with Gasteiger partial charge >= 0.3 is 7.82 Å². The summed E-state index contributed by atoms with van der Waals surface area (Å²) in [5.74, 6) is -1.35. The van der Waals surface area contributed by atoms with Crippen molar-refractivity contribution in [1.29, 1.82) is 0 Å². The fraction of sp³-hybridized carbons (Fsp3) is 0.571. The van der Waals surface area contributed by atoms with E-state index in [2.05, 4.69) is 14.8 Å². The van der Waals surface area contributed by atoms with Crippen molar-refractivity contribution in [3.63, 3.8) is 0 Å². The Kier molecular flexibility index (Phi) is 8.43. The molecule has 0 radical (unpaired) electrons. The lowest BCUT2D eigenvalue weighted by molar-refractivity contribution is -0.307. The number of unbranched alkanes of at least 4 members (excludes halogenated alkanes) is 1. The van der Waals surface area contributed by atoms with Gasteiger partial charge in [-0.05, 0) is 26.3 Å². The molecule has 0 unspecified atom stereocenters. The molecule has 1 rings (SSSR count). The number of carbonyl (C=O) groups excluding carboxylic acids is 1. The molecular weight excluding hydrogens is 353 g/mol. The van der Waals surface area contributed by atoms with E-state index in [0.29, 0.717) is 42.6 Å². The maximum atomic E-state index is 10.8. The van der Waals surface area contributed by atoms with Crippen LogP contribution in [0, 0.1) is 6.92 Å². The summed E-state index contributed by atoms with van der Waals surface area (Å²) in [5.41, 5.74) is 6.53. The molecule has 1 atom stereocenters. The summed E-state index contributed by atoms with van der Waals surface area (Å²) >= 11 is 0. The van der Waals surface area contributed by atoms with E-state index >= 15 is 0 Å². The van der Waals surface area contributed by atoms with E-state index in [-0.39, 0.29) is 18.9 Å². The minimum absolute atomic E-state index is 0.0710. The minimum atomic E-state index is -4.63. The Balaban J connectivity index is 2.54. The summed E-state index contributed by atoms with van der Waals surface area (Å²) in [5, 5.41) is 23.7. The van der Waals surface area contributed by atoms with Gasteiger partial charge in [-0.25, -0.2) is 4.57 Å². The van der Waals surface area contributed by atoms with E-state index < -0.39 is 19.8 Å². The molecule has 0 saturated carbocycles. The van der Waals surface area contributed by atoms with Gasteiger partial charge in [-0.1, -0.05) is 6.42 Å². The number of nitrogens with one attached hydrogen (secondary N) is 1. The predicted molar refractivity (Wildman–Crippen MR) is 86.0 cm³/mol. The predicted octanol–water partition coefficient (Wildman–Crippen LogP) is -0.958. The third kappa shape index (κ3) is 7.91. The molecule has 0 fully saturated rings. The van der Waals surface area contributed by atoms with Gasteiger partial charge in [0.15, 0.2) is 0 Å². The SMILES string of the molecule is Cc1ncc(COP(=O)(O)O)c(CNCCCC[C@H](N)C(=O)[O-])c1O. The van der Waals surface area contributed by atoms with E-state index in [1.807, 2.05) is 0 Å². The second-order valence-electron chi connectivity index (χ2n) is 5.56. The number of carboxylic acids is 1. The average molecular weight is 376 g/mol. The first-order valence-electron chi connectivity index (χ1n) is 7.65. The topological polar surface area (TPSA) is 178 Å². The van der Waals surface area contributed by atoms with Gasteiger partial charge in [0.2, 0.25) is 0 Å². The fourth-order valence-corrected chi connectivity index (χ4v) is 2.41. The number of hydrogen-bond acceptors (Lipinski definition) is 8. The summed E-state index contributed by atoms with van der Waals surface area (Å²) in [6, 6.07) is -0.983. The highest BCUT2D eigenvalue weighted by Crippen LogP contribution is 2.38. The number of aromatic nitrogens is 1. The molecule has 0 aromatic carbocycles. The number of aromatic hydroxyl groups is 1. The summed E-state index contributed by atoms with van der Waals surface area (Å²) < 4.78 is 15.3. The number of hydrogen-bond donors (Lipinski definition) is 5. The van der Waals surface area contributed by atoms with Crippen LogP contribution in [0.2, 0.25) is 0 Å². The molecule has 0 aliphatic carbocycles. The van der Waals surface area contributed by atoms with Crippen molar-refractivity contribution in [2.75, 3.05) is 6.54 Å². The van der Waals surface area contributed by atoms with Crippen LogP contribution in [0.5, 0.6) is 5.75 Å². The molecule has 142 valence electrons. The summed E-state index contributed by atoms with van der Waals surface area (Å²) in [7, 11) is -4.63. The molecule has 0 amide bonds. The molecule has 6 N–H and O–H groups in total. The van der Waals surface area contributed by atoms with Crippen molar-refractivity contribution in [1.82, 2.24) is 10.3 Å². The number of aliphatic carboxylic acids is 1. The lowest BCUT2D eigenvalue weighted by atomic mass is 10.1. The van der Waals surface area contributed by atoms with Gasteiger partial charge in [0.1, 0.15) is 5.75 Å². The van der Waals surface area contributed by atoms with Gasteiger partial charge < -0.3 is 35.8 Å². The molecule has 1 aromatic heterocycles. The molecule has 0 saturated heterocycles. The monoisotopic (exact) mass is 376 g/mol. The molecule has 10 nitrogen and oxygen atoms in total. The first-order valence-corrected chi connectivity index (χ1v) is 9.18. The van der Waals surface area contributed by atoms with Gasteiger partial charge in [0.05, 0.1) is 18.3 Å². The number of carbonyl (C=O) groups is 1. The Bertz CT molecular complexity index is 635. The van der Waals surface area contributed by atoms with Crippen LogP contribution in [0.25, 0.3) is 0 Å². The molecule has 0 aliphatic rings. The molecule has 0 spiro atoms. The van der Waals surface area contributed by atoms with Crippen LogP contribution in [0.3, 0.4) is 0 Å². The summed E-state index contributed by atoms with van der Waals surface area (Å²) in [4.78, 5) is 32.0. The highest BCUT2D eigenvalue weighted by molar-refractivity contribution is 7.46. The Morgan fingerprint density at radius 1 is 1.48 bits per heavy atom. The van der Waals surface area contributed by atoms with Crippen LogP contribution in [-0.2, 0) is 27.0 Å². The van der Waals surface area contributed by atoms with E-state index in [1.165, 1.54) is 6.20 Å². The third-order valence-electron chi connectivity index (χ3n) is 3.54. The highest BCUT2D eigenvalue weighted by atomic mass is 31.2. The first-order chi connectivity index (χ1) is 11.6. The average Bonchev–Trinajstić information content (AvgIpc) is 2.52. The van der Waals surface area contributed by atoms with Gasteiger partial charge in [-0.15, -0.1) is 0 Å². The van der Waals surface area contributed by atoms with Crippen molar-refractivity contribution < 1.29 is 33.9 Å². The second-order valence-corrected chi connectivity index (χ2v) is 6.80. The standard InChI is InChI=1S/C14H24N3O7P/c1-9-13(18)11(10(6-17-9)8-24-25(21,22)23)7-16-5-3-2-4-12(15)14(19)20/h6,12,16,18H,2-5,7-8,15H2,1H3,(H,19,20)(H2,21,22,23)/p-1/t12-/m0/s1. The Hall–Kier alpha value is -1.55.